The van der Waals surface area contributed by atoms with Gasteiger partial charge in [0.2, 0.25) is 0 Å². The van der Waals surface area contributed by atoms with Gasteiger partial charge in [0.1, 0.15) is 11.5 Å². The van der Waals surface area contributed by atoms with E-state index in [1.165, 1.54) is 24.3 Å². The van der Waals surface area contributed by atoms with Crippen molar-refractivity contribution in [2.24, 2.45) is 0 Å². The number of benzene rings is 2. The van der Waals surface area contributed by atoms with Crippen LogP contribution < -0.4 is 4.74 Å². The highest BCUT2D eigenvalue weighted by Crippen LogP contribution is 2.36. The van der Waals surface area contributed by atoms with Crippen molar-refractivity contribution in [1.82, 2.24) is 4.90 Å². The molecule has 1 fully saturated rings. The largest absolute Gasteiger partial charge is 0.480 e. The van der Waals surface area contributed by atoms with Gasteiger partial charge >= 0.3 is 5.97 Å². The maximum absolute atomic E-state index is 13.1. The fourth-order valence-corrected chi connectivity index (χ4v) is 5.15. The van der Waals surface area contributed by atoms with Crippen molar-refractivity contribution in [2.75, 3.05) is 20.1 Å². The summed E-state index contributed by atoms with van der Waals surface area (Å²) in [4.78, 5) is 13.8. The number of carboxylic acids is 1. The normalized spacial score (nSPS) is 17.4. The molecule has 1 aliphatic rings. The average Bonchev–Trinajstić information content (AvgIpc) is 2.64. The summed E-state index contributed by atoms with van der Waals surface area (Å²) in [7, 11) is -2.19. The smallest absolute Gasteiger partial charge is 0.325 e. The minimum absolute atomic E-state index is 0.0158. The van der Waals surface area contributed by atoms with Gasteiger partial charge in [-0.1, -0.05) is 11.6 Å². The highest BCUT2D eigenvalue weighted by Gasteiger charge is 2.52. The fraction of sp³-hybridized carbons (Fsp3) is 0.316. The molecule has 144 valence electrons. The van der Waals surface area contributed by atoms with Gasteiger partial charge in [-0.2, -0.15) is 0 Å². The summed E-state index contributed by atoms with van der Waals surface area (Å²) in [5, 5.41) is 10.3. The van der Waals surface area contributed by atoms with Crippen molar-refractivity contribution in [3.05, 3.63) is 53.6 Å². The Morgan fingerprint density at radius 2 is 1.52 bits per heavy atom. The van der Waals surface area contributed by atoms with Crippen molar-refractivity contribution < 1.29 is 23.1 Å². The molecule has 1 saturated heterocycles. The average molecular weight is 410 g/mol. The van der Waals surface area contributed by atoms with Gasteiger partial charge in [-0.15, -0.1) is 0 Å². The number of sulfone groups is 1. The molecule has 0 spiro atoms. The molecular formula is C19H20ClNO5S. The van der Waals surface area contributed by atoms with Crippen LogP contribution in [0.15, 0.2) is 53.4 Å². The third-order valence-electron chi connectivity index (χ3n) is 4.88. The van der Waals surface area contributed by atoms with Crippen LogP contribution in [0.5, 0.6) is 11.5 Å². The monoisotopic (exact) mass is 409 g/mol. The van der Waals surface area contributed by atoms with Crippen molar-refractivity contribution in [3.8, 4) is 11.5 Å². The molecule has 0 aromatic heterocycles. The van der Waals surface area contributed by atoms with Gasteiger partial charge in [0.25, 0.3) is 0 Å². The van der Waals surface area contributed by atoms with E-state index in [9.17, 15) is 18.3 Å². The molecule has 1 N–H and O–H groups in total. The molecule has 2 aromatic carbocycles. The molecule has 0 amide bonds. The van der Waals surface area contributed by atoms with Crippen molar-refractivity contribution in [1.29, 1.82) is 0 Å². The van der Waals surface area contributed by atoms with E-state index in [0.717, 1.165) is 0 Å². The maximum Gasteiger partial charge on any atom is 0.325 e. The van der Waals surface area contributed by atoms with E-state index in [1.807, 2.05) is 11.9 Å². The van der Waals surface area contributed by atoms with Crippen molar-refractivity contribution >= 4 is 27.4 Å². The van der Waals surface area contributed by atoms with Gasteiger partial charge in [-0.25, -0.2) is 8.42 Å². The predicted octanol–water partition coefficient (Wildman–Crippen LogP) is 3.46. The highest BCUT2D eigenvalue weighted by atomic mass is 35.5. The van der Waals surface area contributed by atoms with E-state index in [2.05, 4.69) is 0 Å². The zero-order valence-corrected chi connectivity index (χ0v) is 16.3. The Bertz CT molecular complexity index is 918. The summed E-state index contributed by atoms with van der Waals surface area (Å²) >= 11 is 5.83. The predicted molar refractivity (Wildman–Crippen MR) is 102 cm³/mol. The SMILES string of the molecule is CN1CCC(C(=O)O)(S(=O)(=O)c2ccc(Oc3ccc(Cl)cc3)cc2)CC1. The van der Waals surface area contributed by atoms with E-state index >= 15 is 0 Å². The molecule has 0 radical (unpaired) electrons. The topological polar surface area (TPSA) is 83.9 Å². The van der Waals surface area contributed by atoms with Crippen LogP contribution in [0.1, 0.15) is 12.8 Å². The lowest BCUT2D eigenvalue weighted by Gasteiger charge is -2.36. The lowest BCUT2D eigenvalue weighted by Crippen LogP contribution is -2.53. The molecule has 0 bridgehead atoms. The number of aliphatic carboxylic acids is 1. The number of likely N-dealkylation sites (tertiary alicyclic amines) is 1. The first-order valence-corrected chi connectivity index (χ1v) is 10.3. The summed E-state index contributed by atoms with van der Waals surface area (Å²) in [6.45, 7) is 0.840. The Morgan fingerprint density at radius 3 is 2.00 bits per heavy atom. The zero-order valence-electron chi connectivity index (χ0n) is 14.8. The maximum atomic E-state index is 13.1. The van der Waals surface area contributed by atoms with E-state index < -0.39 is 20.6 Å². The van der Waals surface area contributed by atoms with Crippen LogP contribution in [0.4, 0.5) is 0 Å². The Hall–Kier alpha value is -2.09. The van der Waals surface area contributed by atoms with Gasteiger partial charge in [0, 0.05) is 5.02 Å². The number of nitrogens with zero attached hydrogens (tertiary/aromatic N) is 1. The lowest BCUT2D eigenvalue weighted by atomic mass is 9.96. The zero-order chi connectivity index (χ0) is 19.7. The molecule has 6 nitrogen and oxygen atoms in total. The summed E-state index contributed by atoms with van der Waals surface area (Å²) in [6.07, 6.45) is 0.119. The molecular weight excluding hydrogens is 390 g/mol. The molecule has 0 unspecified atom stereocenters. The molecule has 0 saturated carbocycles. The first-order valence-electron chi connectivity index (χ1n) is 8.45. The summed E-state index contributed by atoms with van der Waals surface area (Å²) in [5.41, 5.74) is 0. The Morgan fingerprint density at radius 1 is 1.04 bits per heavy atom. The summed E-state index contributed by atoms with van der Waals surface area (Å²) in [6, 6.07) is 12.6. The quantitative estimate of drug-likeness (QED) is 0.814. The van der Waals surface area contributed by atoms with Gasteiger partial charge in [0.05, 0.1) is 4.90 Å². The molecule has 3 rings (SSSR count). The van der Waals surface area contributed by atoms with Gasteiger partial charge in [0.15, 0.2) is 14.6 Å². The number of carboxylic acid groups (broad SMARTS) is 1. The molecule has 0 atom stereocenters. The number of carbonyl (C=O) groups is 1. The number of hydrogen-bond donors (Lipinski definition) is 1. The summed E-state index contributed by atoms with van der Waals surface area (Å²) in [5.74, 6) is -0.284. The Labute approximate surface area is 163 Å². The number of hydrogen-bond acceptors (Lipinski definition) is 5. The molecule has 1 aliphatic heterocycles. The van der Waals surface area contributed by atoms with Crippen molar-refractivity contribution in [3.63, 3.8) is 0 Å². The fourth-order valence-electron chi connectivity index (χ4n) is 3.13. The standard InChI is InChI=1S/C19H20ClNO5S/c1-21-12-10-19(11-13-21,18(22)23)27(24,25)17-8-6-16(7-9-17)26-15-4-2-14(20)3-5-15/h2-9H,10-13H2,1H3,(H,22,23). The van der Waals surface area contributed by atoms with Gasteiger partial charge < -0.3 is 14.7 Å². The second-order valence-corrected chi connectivity index (χ2v) is 9.33. The third kappa shape index (κ3) is 3.81. The van der Waals surface area contributed by atoms with Crippen LogP contribution in [0, 0.1) is 0 Å². The van der Waals surface area contributed by atoms with Gasteiger partial charge in [-0.05, 0) is 81.5 Å². The molecule has 2 aromatic rings. The van der Waals surface area contributed by atoms with Crippen LogP contribution in [-0.2, 0) is 14.6 Å². The van der Waals surface area contributed by atoms with Gasteiger partial charge in [-0.3, -0.25) is 4.79 Å². The Kier molecular flexibility index (Phi) is 5.46. The van der Waals surface area contributed by atoms with E-state index in [4.69, 9.17) is 16.3 Å². The van der Waals surface area contributed by atoms with Crippen LogP contribution in [0.25, 0.3) is 0 Å². The van der Waals surface area contributed by atoms with E-state index in [0.29, 0.717) is 29.6 Å². The number of rotatable bonds is 5. The summed E-state index contributed by atoms with van der Waals surface area (Å²) < 4.78 is 30.1. The second kappa shape index (κ2) is 7.50. The highest BCUT2D eigenvalue weighted by molar-refractivity contribution is 7.93. The first kappa shape index (κ1) is 19.7. The van der Waals surface area contributed by atoms with Crippen molar-refractivity contribution in [2.45, 2.75) is 22.5 Å². The second-order valence-electron chi connectivity index (χ2n) is 6.63. The Balaban J connectivity index is 1.86. The first-order chi connectivity index (χ1) is 12.7. The van der Waals surface area contributed by atoms with Crippen LogP contribution in [0.3, 0.4) is 0 Å². The minimum atomic E-state index is -4.04. The third-order valence-corrected chi connectivity index (χ3v) is 7.64. The minimum Gasteiger partial charge on any atom is -0.480 e. The number of piperidine rings is 1. The number of ether oxygens (including phenoxy) is 1. The molecule has 27 heavy (non-hydrogen) atoms. The van der Waals surface area contributed by atoms with Crippen LogP contribution >= 0.6 is 11.6 Å². The molecule has 8 heteroatoms. The van der Waals surface area contributed by atoms with E-state index in [-0.39, 0.29) is 17.7 Å². The lowest BCUT2D eigenvalue weighted by molar-refractivity contribution is -0.141. The molecule has 1 heterocycles. The van der Waals surface area contributed by atoms with Crippen LogP contribution in [0.2, 0.25) is 5.02 Å². The number of halogens is 1. The molecule has 0 aliphatic carbocycles. The van der Waals surface area contributed by atoms with Crippen LogP contribution in [-0.4, -0.2) is 49.3 Å². The van der Waals surface area contributed by atoms with E-state index in [1.54, 1.807) is 24.3 Å².